The molecule has 0 unspecified atom stereocenters. The highest BCUT2D eigenvalue weighted by atomic mass is 35.5. The number of hydrogen-bond acceptors (Lipinski definition) is 6. The topological polar surface area (TPSA) is 90.7 Å². The first-order chi connectivity index (χ1) is 13.5. The van der Waals surface area contributed by atoms with E-state index in [2.05, 4.69) is 10.3 Å². The quantitative estimate of drug-likeness (QED) is 0.626. The van der Waals surface area contributed by atoms with Crippen molar-refractivity contribution in [1.29, 1.82) is 0 Å². The molecule has 0 aliphatic rings. The molecular formula is C20H17ClN2O5. The Balaban J connectivity index is 1.64. The van der Waals surface area contributed by atoms with E-state index in [1.165, 1.54) is 13.2 Å². The second-order valence-corrected chi connectivity index (χ2v) is 6.20. The van der Waals surface area contributed by atoms with Crippen molar-refractivity contribution in [3.05, 3.63) is 65.0 Å². The van der Waals surface area contributed by atoms with E-state index in [1.807, 2.05) is 30.3 Å². The summed E-state index contributed by atoms with van der Waals surface area (Å²) in [6.45, 7) is 1.11. The fourth-order valence-electron chi connectivity index (χ4n) is 2.45. The monoisotopic (exact) mass is 400 g/mol. The van der Waals surface area contributed by atoms with Crippen molar-refractivity contribution in [2.24, 2.45) is 0 Å². The van der Waals surface area contributed by atoms with Gasteiger partial charge in [-0.05, 0) is 37.3 Å². The number of oxazole rings is 1. The van der Waals surface area contributed by atoms with Crippen LogP contribution in [0, 0.1) is 6.92 Å². The third kappa shape index (κ3) is 4.50. The second kappa shape index (κ2) is 8.58. The summed E-state index contributed by atoms with van der Waals surface area (Å²) >= 11 is 5.92. The van der Waals surface area contributed by atoms with Gasteiger partial charge in [-0.25, -0.2) is 9.78 Å². The van der Waals surface area contributed by atoms with Crippen LogP contribution in [-0.2, 0) is 9.53 Å². The minimum Gasteiger partial charge on any atom is -0.495 e. The molecule has 144 valence electrons. The molecular weight excluding hydrogens is 384 g/mol. The summed E-state index contributed by atoms with van der Waals surface area (Å²) in [5, 5.41) is 3.02. The van der Waals surface area contributed by atoms with Gasteiger partial charge in [0.15, 0.2) is 12.3 Å². The second-order valence-electron chi connectivity index (χ2n) is 5.76. The number of carbonyl (C=O) groups is 2. The zero-order valence-corrected chi connectivity index (χ0v) is 15.9. The SMILES string of the molecule is COc1ccc(Cl)cc1NC(=O)COC(=O)c1nc(-c2ccccc2)oc1C. The Morgan fingerprint density at radius 1 is 1.18 bits per heavy atom. The Labute approximate surface area is 166 Å². The van der Waals surface area contributed by atoms with Crippen molar-refractivity contribution in [3.8, 4) is 17.2 Å². The number of nitrogens with zero attached hydrogens (tertiary/aromatic N) is 1. The lowest BCUT2D eigenvalue weighted by Gasteiger charge is -2.10. The van der Waals surface area contributed by atoms with Crippen LogP contribution in [0.15, 0.2) is 52.9 Å². The summed E-state index contributed by atoms with van der Waals surface area (Å²) < 4.78 is 15.7. The number of benzene rings is 2. The molecule has 3 aromatic rings. The molecule has 3 rings (SSSR count). The van der Waals surface area contributed by atoms with Gasteiger partial charge in [0.25, 0.3) is 5.91 Å². The number of nitrogens with one attached hydrogen (secondary N) is 1. The molecule has 0 spiro atoms. The Morgan fingerprint density at radius 3 is 2.64 bits per heavy atom. The van der Waals surface area contributed by atoms with E-state index in [4.69, 9.17) is 25.5 Å². The van der Waals surface area contributed by atoms with Gasteiger partial charge in [-0.15, -0.1) is 0 Å². The fourth-order valence-corrected chi connectivity index (χ4v) is 2.63. The number of anilines is 1. The summed E-state index contributed by atoms with van der Waals surface area (Å²) in [5.41, 5.74) is 1.13. The molecule has 1 aromatic heterocycles. The summed E-state index contributed by atoms with van der Waals surface area (Å²) in [4.78, 5) is 28.6. The fraction of sp³-hybridized carbons (Fsp3) is 0.150. The third-order valence-electron chi connectivity index (χ3n) is 3.78. The van der Waals surface area contributed by atoms with E-state index >= 15 is 0 Å². The molecule has 8 heteroatoms. The highest BCUT2D eigenvalue weighted by Gasteiger charge is 2.20. The van der Waals surface area contributed by atoms with E-state index in [0.717, 1.165) is 5.56 Å². The molecule has 1 heterocycles. The first-order valence-electron chi connectivity index (χ1n) is 8.31. The molecule has 1 N–H and O–H groups in total. The highest BCUT2D eigenvalue weighted by Crippen LogP contribution is 2.27. The average molecular weight is 401 g/mol. The van der Waals surface area contributed by atoms with E-state index in [1.54, 1.807) is 19.1 Å². The van der Waals surface area contributed by atoms with Crippen molar-refractivity contribution in [1.82, 2.24) is 4.98 Å². The number of carbonyl (C=O) groups excluding carboxylic acids is 2. The molecule has 7 nitrogen and oxygen atoms in total. The van der Waals surface area contributed by atoms with Crippen LogP contribution >= 0.6 is 11.6 Å². The Hall–Kier alpha value is -3.32. The van der Waals surface area contributed by atoms with Crippen LogP contribution in [0.2, 0.25) is 5.02 Å². The highest BCUT2D eigenvalue weighted by molar-refractivity contribution is 6.31. The lowest BCUT2D eigenvalue weighted by molar-refractivity contribution is -0.119. The van der Waals surface area contributed by atoms with Gasteiger partial charge in [0.2, 0.25) is 5.89 Å². The molecule has 0 aliphatic carbocycles. The van der Waals surface area contributed by atoms with E-state index in [-0.39, 0.29) is 5.69 Å². The van der Waals surface area contributed by atoms with Gasteiger partial charge in [-0.3, -0.25) is 4.79 Å². The largest absolute Gasteiger partial charge is 0.495 e. The lowest BCUT2D eigenvalue weighted by Crippen LogP contribution is -2.21. The van der Waals surface area contributed by atoms with Crippen molar-refractivity contribution in [2.45, 2.75) is 6.92 Å². The number of amides is 1. The standard InChI is InChI=1S/C20H17ClN2O5/c1-12-18(23-19(28-12)13-6-4-3-5-7-13)20(25)27-11-17(24)22-15-10-14(21)8-9-16(15)26-2/h3-10H,11H2,1-2H3,(H,22,24). The molecule has 28 heavy (non-hydrogen) atoms. The van der Waals surface area contributed by atoms with Gasteiger partial charge in [0.05, 0.1) is 12.8 Å². The zero-order valence-electron chi connectivity index (χ0n) is 15.2. The first-order valence-corrected chi connectivity index (χ1v) is 8.69. The molecule has 0 bridgehead atoms. The average Bonchev–Trinajstić information content (AvgIpc) is 3.09. The van der Waals surface area contributed by atoms with E-state index in [9.17, 15) is 9.59 Å². The number of hydrogen-bond donors (Lipinski definition) is 1. The number of aromatic nitrogens is 1. The lowest BCUT2D eigenvalue weighted by atomic mass is 10.2. The van der Waals surface area contributed by atoms with Crippen LogP contribution in [0.4, 0.5) is 5.69 Å². The Bertz CT molecular complexity index is 1000. The molecule has 0 fully saturated rings. The third-order valence-corrected chi connectivity index (χ3v) is 4.02. The number of aryl methyl sites for hydroxylation is 1. The van der Waals surface area contributed by atoms with Gasteiger partial charge >= 0.3 is 5.97 Å². The van der Waals surface area contributed by atoms with Crippen LogP contribution in [0.5, 0.6) is 5.75 Å². The van der Waals surface area contributed by atoms with E-state index in [0.29, 0.717) is 28.1 Å². The minimum atomic E-state index is -0.753. The minimum absolute atomic E-state index is 0.0204. The summed E-state index contributed by atoms with van der Waals surface area (Å²) in [6, 6.07) is 13.9. The smallest absolute Gasteiger partial charge is 0.361 e. The number of methoxy groups -OCH3 is 1. The normalized spacial score (nSPS) is 10.4. The maximum atomic E-state index is 12.3. The van der Waals surface area contributed by atoms with Crippen LogP contribution < -0.4 is 10.1 Å². The van der Waals surface area contributed by atoms with Crippen molar-refractivity contribution >= 4 is 29.2 Å². The van der Waals surface area contributed by atoms with Gasteiger partial charge in [-0.1, -0.05) is 29.8 Å². The molecule has 0 atom stereocenters. The van der Waals surface area contributed by atoms with Crippen LogP contribution in [0.1, 0.15) is 16.2 Å². The van der Waals surface area contributed by atoms with Gasteiger partial charge < -0.3 is 19.2 Å². The van der Waals surface area contributed by atoms with Gasteiger partial charge in [0.1, 0.15) is 11.5 Å². The van der Waals surface area contributed by atoms with E-state index < -0.39 is 18.5 Å². The molecule has 0 radical (unpaired) electrons. The zero-order chi connectivity index (χ0) is 20.1. The van der Waals surface area contributed by atoms with Gasteiger partial charge in [-0.2, -0.15) is 0 Å². The van der Waals surface area contributed by atoms with Crippen molar-refractivity contribution in [3.63, 3.8) is 0 Å². The van der Waals surface area contributed by atoms with Gasteiger partial charge in [0, 0.05) is 10.6 Å². The molecule has 0 saturated carbocycles. The number of esters is 1. The summed E-state index contributed by atoms with van der Waals surface area (Å²) in [5.74, 6) is -0.252. The predicted molar refractivity (Wildman–Crippen MR) is 104 cm³/mol. The van der Waals surface area contributed by atoms with Crippen LogP contribution in [0.25, 0.3) is 11.5 Å². The molecule has 0 saturated heterocycles. The number of halogens is 1. The molecule has 0 aliphatic heterocycles. The summed E-state index contributed by atoms with van der Waals surface area (Å²) in [6.07, 6.45) is 0. The maximum Gasteiger partial charge on any atom is 0.361 e. The summed E-state index contributed by atoms with van der Waals surface area (Å²) in [7, 11) is 1.47. The van der Waals surface area contributed by atoms with Crippen LogP contribution in [0.3, 0.4) is 0 Å². The van der Waals surface area contributed by atoms with Crippen molar-refractivity contribution < 1.29 is 23.5 Å². The molecule has 1 amide bonds. The Morgan fingerprint density at radius 2 is 1.93 bits per heavy atom. The first kappa shape index (κ1) is 19.4. The number of rotatable bonds is 6. The van der Waals surface area contributed by atoms with Crippen molar-refractivity contribution in [2.75, 3.05) is 19.0 Å². The Kier molecular flexibility index (Phi) is 5.96. The predicted octanol–water partition coefficient (Wildman–Crippen LogP) is 4.11. The number of ether oxygens (including phenoxy) is 2. The van der Waals surface area contributed by atoms with Crippen LogP contribution in [-0.4, -0.2) is 30.6 Å². The molecule has 2 aromatic carbocycles. The maximum absolute atomic E-state index is 12.3.